The first-order valence-electron chi connectivity index (χ1n) is 18.2. The van der Waals surface area contributed by atoms with Crippen molar-refractivity contribution in [1.82, 2.24) is 39.3 Å². The number of imide groups is 1. The van der Waals surface area contributed by atoms with Gasteiger partial charge in [-0.2, -0.15) is 9.40 Å². The van der Waals surface area contributed by atoms with E-state index in [1.807, 2.05) is 37.5 Å². The first kappa shape index (κ1) is 36.0. The molecule has 3 aliphatic rings. The first-order chi connectivity index (χ1) is 26.1. The fourth-order valence-corrected chi connectivity index (χ4v) is 9.23. The summed E-state index contributed by atoms with van der Waals surface area (Å²) < 4.78 is 30.6. The molecular formula is C38H41ClN10O4S. The molecule has 2 N–H and O–H groups in total. The summed E-state index contributed by atoms with van der Waals surface area (Å²) in [6.07, 6.45) is 8.45. The number of aryl methyl sites for hydroxylation is 1. The third kappa shape index (κ3) is 7.53. The monoisotopic (exact) mass is 768 g/mol. The van der Waals surface area contributed by atoms with E-state index in [1.54, 1.807) is 27.2 Å². The molecule has 280 valence electrons. The van der Waals surface area contributed by atoms with Gasteiger partial charge in [0.15, 0.2) is 5.82 Å². The summed E-state index contributed by atoms with van der Waals surface area (Å²) in [4.78, 5) is 41.5. The van der Waals surface area contributed by atoms with Crippen molar-refractivity contribution in [2.75, 3.05) is 42.9 Å². The van der Waals surface area contributed by atoms with Crippen LogP contribution < -0.4 is 15.5 Å². The summed E-state index contributed by atoms with van der Waals surface area (Å²) in [6.45, 7) is 3.73. The Balaban J connectivity index is 0.855. The van der Waals surface area contributed by atoms with Gasteiger partial charge in [0.05, 0.1) is 33.5 Å². The van der Waals surface area contributed by atoms with E-state index >= 15 is 0 Å². The Hall–Kier alpha value is -4.96. The largest absolute Gasteiger partial charge is 0.351 e. The number of hydrogen-bond donors (Lipinski definition) is 2. The van der Waals surface area contributed by atoms with Gasteiger partial charge < -0.3 is 5.32 Å². The Bertz CT molecular complexity index is 2290. The van der Waals surface area contributed by atoms with Crippen LogP contribution >= 0.6 is 11.6 Å². The number of likely N-dealkylation sites (tertiary alicyclic amines) is 1. The number of piperidine rings is 2. The second kappa shape index (κ2) is 15.1. The second-order valence-electron chi connectivity index (χ2n) is 14.1. The number of urea groups is 1. The first-order valence-corrected chi connectivity index (χ1v) is 20.0. The van der Waals surface area contributed by atoms with E-state index in [-0.39, 0.29) is 23.3 Å². The Morgan fingerprint density at radius 3 is 2.37 bits per heavy atom. The van der Waals surface area contributed by atoms with Crippen LogP contribution in [0.25, 0.3) is 22.0 Å². The van der Waals surface area contributed by atoms with Crippen molar-refractivity contribution in [3.05, 3.63) is 89.5 Å². The van der Waals surface area contributed by atoms with Crippen molar-refractivity contribution in [2.45, 2.75) is 55.5 Å². The van der Waals surface area contributed by atoms with Crippen LogP contribution in [-0.4, -0.2) is 93.1 Å². The van der Waals surface area contributed by atoms with Crippen LogP contribution in [0.2, 0.25) is 5.02 Å². The van der Waals surface area contributed by atoms with E-state index in [4.69, 9.17) is 16.6 Å². The minimum Gasteiger partial charge on any atom is -0.351 e. The number of fused-ring (bicyclic) bond motifs is 1. The highest BCUT2D eigenvalue weighted by Gasteiger charge is 2.31. The molecule has 3 aliphatic heterocycles. The number of halogens is 1. The van der Waals surface area contributed by atoms with Crippen molar-refractivity contribution < 1.29 is 18.0 Å². The number of aromatic nitrogens is 5. The molecule has 16 heteroatoms. The van der Waals surface area contributed by atoms with Gasteiger partial charge in [-0.15, -0.1) is 0 Å². The van der Waals surface area contributed by atoms with E-state index in [9.17, 15) is 18.0 Å². The molecular weight excluding hydrogens is 728 g/mol. The van der Waals surface area contributed by atoms with Gasteiger partial charge in [0.25, 0.3) is 0 Å². The fourth-order valence-electron chi connectivity index (χ4n) is 7.61. The maximum Gasteiger partial charge on any atom is 0.329 e. The Labute approximate surface area is 318 Å². The third-order valence-corrected chi connectivity index (χ3v) is 12.7. The van der Waals surface area contributed by atoms with Crippen LogP contribution in [0.1, 0.15) is 49.3 Å². The van der Waals surface area contributed by atoms with Gasteiger partial charge in [-0.3, -0.25) is 29.6 Å². The third-order valence-electron chi connectivity index (χ3n) is 10.6. The molecule has 2 aromatic carbocycles. The van der Waals surface area contributed by atoms with Crippen molar-refractivity contribution in [3.63, 3.8) is 0 Å². The summed E-state index contributed by atoms with van der Waals surface area (Å²) in [5, 5.41) is 11.6. The Morgan fingerprint density at radius 2 is 1.65 bits per heavy atom. The highest BCUT2D eigenvalue weighted by atomic mass is 35.5. The second-order valence-corrected chi connectivity index (χ2v) is 16.5. The van der Waals surface area contributed by atoms with Crippen LogP contribution in [0.3, 0.4) is 0 Å². The Morgan fingerprint density at radius 1 is 0.870 bits per heavy atom. The number of anilines is 2. The molecule has 54 heavy (non-hydrogen) atoms. The minimum absolute atomic E-state index is 0.0737. The molecule has 0 atom stereocenters. The van der Waals surface area contributed by atoms with Gasteiger partial charge >= 0.3 is 6.03 Å². The molecule has 0 radical (unpaired) electrons. The smallest absolute Gasteiger partial charge is 0.329 e. The lowest BCUT2D eigenvalue weighted by Crippen LogP contribution is -2.49. The van der Waals surface area contributed by atoms with Gasteiger partial charge in [-0.1, -0.05) is 35.9 Å². The van der Waals surface area contributed by atoms with Crippen molar-refractivity contribution in [3.8, 4) is 11.1 Å². The SMILES string of the molecule is Cn1nc(N2CCC(=O)NC2=O)c2ccc(C3CCN(Cc4ccc(-c5cccc(S(=O)(=O)N6CCC(Nc7ncc(Cl)cn7)CC6)c5)cn4)CC3)cc21. The lowest BCUT2D eigenvalue weighted by molar-refractivity contribution is -0.120. The van der Waals surface area contributed by atoms with Crippen LogP contribution in [0, 0.1) is 0 Å². The minimum atomic E-state index is -3.67. The number of carbonyl (C=O) groups excluding carboxylic acids is 2. The van der Waals surface area contributed by atoms with Crippen molar-refractivity contribution in [1.29, 1.82) is 0 Å². The topological polar surface area (TPSA) is 159 Å². The molecule has 14 nitrogen and oxygen atoms in total. The lowest BCUT2D eigenvalue weighted by Gasteiger charge is -2.32. The normalized spacial score (nSPS) is 18.3. The van der Waals surface area contributed by atoms with E-state index < -0.39 is 16.1 Å². The molecule has 3 fully saturated rings. The Kier molecular flexibility index (Phi) is 10.0. The molecule has 3 amide bonds. The highest BCUT2D eigenvalue weighted by Crippen LogP contribution is 2.34. The van der Waals surface area contributed by atoms with Crippen molar-refractivity contribution >= 4 is 56.2 Å². The number of carbonyl (C=O) groups is 2. The fraction of sp³-hybridized carbons (Fsp3) is 0.368. The molecule has 0 spiro atoms. The molecule has 0 bridgehead atoms. The van der Waals surface area contributed by atoms with Gasteiger partial charge in [-0.05, 0) is 86.1 Å². The number of sulfonamides is 1. The predicted molar refractivity (Wildman–Crippen MR) is 206 cm³/mol. The van der Waals surface area contributed by atoms with Crippen LogP contribution in [0.15, 0.2) is 78.1 Å². The summed E-state index contributed by atoms with van der Waals surface area (Å²) in [7, 11) is -1.79. The van der Waals surface area contributed by atoms with E-state index in [1.165, 1.54) is 22.9 Å². The van der Waals surface area contributed by atoms with E-state index in [0.717, 1.165) is 60.2 Å². The summed E-state index contributed by atoms with van der Waals surface area (Å²) in [5.74, 6) is 1.20. The number of hydrogen-bond acceptors (Lipinski definition) is 10. The van der Waals surface area contributed by atoms with E-state index in [2.05, 4.69) is 42.7 Å². The standard InChI is InChI=1S/C38H41ClN10O4S/c1-46-34-20-27(6-8-33(34)36(45-46)49-18-13-35(50)44-38(49)51)25-9-14-47(15-10-25)24-31-7-5-28(21-40-31)26-3-2-4-32(19-26)54(52,53)48-16-11-30(12-17-48)43-37-41-22-29(39)23-42-37/h2-8,19-23,25,30H,9-18,24H2,1H3,(H,41,42,43)(H,44,50,51). The maximum atomic E-state index is 13.6. The molecule has 0 saturated carbocycles. The van der Waals surface area contributed by atoms with Gasteiger partial charge in [0.1, 0.15) is 0 Å². The predicted octanol–water partition coefficient (Wildman–Crippen LogP) is 5.17. The van der Waals surface area contributed by atoms with Crippen LogP contribution in [-0.2, 0) is 28.4 Å². The number of amides is 3. The number of benzene rings is 2. The van der Waals surface area contributed by atoms with E-state index in [0.29, 0.717) is 55.2 Å². The number of nitrogens with zero attached hydrogens (tertiary/aromatic N) is 8. The average Bonchev–Trinajstić information content (AvgIpc) is 3.51. The molecule has 8 rings (SSSR count). The molecule has 0 aliphatic carbocycles. The molecule has 6 heterocycles. The van der Waals surface area contributed by atoms with Crippen molar-refractivity contribution in [2.24, 2.45) is 7.05 Å². The van der Waals surface area contributed by atoms with Gasteiger partial charge in [0, 0.05) is 62.8 Å². The van der Waals surface area contributed by atoms with Gasteiger partial charge in [0.2, 0.25) is 21.9 Å². The number of rotatable bonds is 9. The zero-order valence-electron chi connectivity index (χ0n) is 29.9. The van der Waals surface area contributed by atoms with Gasteiger partial charge in [-0.25, -0.2) is 23.2 Å². The highest BCUT2D eigenvalue weighted by molar-refractivity contribution is 7.89. The quantitative estimate of drug-likeness (QED) is 0.205. The summed E-state index contributed by atoms with van der Waals surface area (Å²) in [6, 6.07) is 17.1. The maximum absolute atomic E-state index is 13.6. The van der Waals surface area contributed by atoms with Crippen LogP contribution in [0.5, 0.6) is 0 Å². The van der Waals surface area contributed by atoms with Crippen LogP contribution in [0.4, 0.5) is 16.6 Å². The zero-order valence-corrected chi connectivity index (χ0v) is 31.4. The zero-order chi connectivity index (χ0) is 37.4. The molecule has 3 saturated heterocycles. The molecule has 3 aromatic heterocycles. The number of pyridine rings is 1. The summed E-state index contributed by atoms with van der Waals surface area (Å²) >= 11 is 5.88. The molecule has 5 aromatic rings. The lowest BCUT2D eigenvalue weighted by atomic mass is 9.89. The average molecular weight is 769 g/mol. The summed E-state index contributed by atoms with van der Waals surface area (Å²) in [5.41, 5.74) is 4.85. The molecule has 0 unspecified atom stereocenters. The number of nitrogens with one attached hydrogen (secondary N) is 2.